The van der Waals surface area contributed by atoms with Crippen LogP contribution in [0.4, 0.5) is 0 Å². The van der Waals surface area contributed by atoms with Gasteiger partial charge < -0.3 is 20.5 Å². The van der Waals surface area contributed by atoms with Crippen LogP contribution in [0.15, 0.2) is 0 Å². The van der Waals surface area contributed by atoms with E-state index in [9.17, 15) is 19.5 Å². The molecule has 0 aromatic rings. The maximum Gasteiger partial charge on any atom is 0.326 e. The number of carbonyl (C=O) groups is 3. The van der Waals surface area contributed by atoms with Crippen LogP contribution >= 0.6 is 0 Å². The van der Waals surface area contributed by atoms with Gasteiger partial charge in [0, 0.05) is 11.6 Å². The van der Waals surface area contributed by atoms with Gasteiger partial charge in [0.05, 0.1) is 12.6 Å². The van der Waals surface area contributed by atoms with Gasteiger partial charge in [-0.2, -0.15) is 0 Å². The molecule has 0 aromatic heterocycles. The third-order valence-electron chi connectivity index (χ3n) is 5.60. The summed E-state index contributed by atoms with van der Waals surface area (Å²) in [6.07, 6.45) is 5.87. The molecule has 1 heterocycles. The van der Waals surface area contributed by atoms with Crippen molar-refractivity contribution >= 4 is 17.8 Å². The Morgan fingerprint density at radius 2 is 1.77 bits per heavy atom. The Morgan fingerprint density at radius 3 is 2.29 bits per heavy atom. The van der Waals surface area contributed by atoms with Crippen molar-refractivity contribution in [3.63, 3.8) is 0 Å². The Balaban J connectivity index is 0.000000861. The van der Waals surface area contributed by atoms with Crippen molar-refractivity contribution in [2.24, 2.45) is 11.7 Å². The summed E-state index contributed by atoms with van der Waals surface area (Å²) in [6.45, 7) is 11.6. The molecule has 8 nitrogen and oxygen atoms in total. The average Bonchev–Trinajstić information content (AvgIpc) is 3.05. The third kappa shape index (κ3) is 8.77. The van der Waals surface area contributed by atoms with E-state index < -0.39 is 24.1 Å². The number of amides is 1. The Labute approximate surface area is 187 Å². The van der Waals surface area contributed by atoms with Gasteiger partial charge in [0.2, 0.25) is 5.91 Å². The Kier molecular flexibility index (Phi) is 10.9. The van der Waals surface area contributed by atoms with Crippen LogP contribution in [-0.2, 0) is 19.1 Å². The van der Waals surface area contributed by atoms with Gasteiger partial charge in [0.1, 0.15) is 12.1 Å². The first-order chi connectivity index (χ1) is 14.4. The zero-order valence-corrected chi connectivity index (χ0v) is 20.1. The lowest BCUT2D eigenvalue weighted by molar-refractivity contribution is -0.152. The van der Waals surface area contributed by atoms with E-state index >= 15 is 0 Å². The molecule has 0 aromatic carbocycles. The molecule has 1 saturated carbocycles. The summed E-state index contributed by atoms with van der Waals surface area (Å²) in [5, 5.41) is 12.7. The molecule has 2 fully saturated rings. The first kappa shape index (κ1) is 27.4. The highest BCUT2D eigenvalue weighted by Crippen LogP contribution is 2.40. The van der Waals surface area contributed by atoms with Gasteiger partial charge in [0.15, 0.2) is 0 Å². The fourth-order valence-corrected chi connectivity index (χ4v) is 4.39. The summed E-state index contributed by atoms with van der Waals surface area (Å²) >= 11 is 0. The largest absolute Gasteiger partial charge is 0.480 e. The zero-order valence-electron chi connectivity index (χ0n) is 20.1. The van der Waals surface area contributed by atoms with Crippen molar-refractivity contribution in [1.29, 1.82) is 0 Å². The van der Waals surface area contributed by atoms with Crippen molar-refractivity contribution in [2.75, 3.05) is 6.61 Å². The normalized spacial score (nSPS) is 25.0. The average molecular weight is 445 g/mol. The molecule has 1 amide bonds. The smallest absolute Gasteiger partial charge is 0.326 e. The van der Waals surface area contributed by atoms with Crippen LogP contribution < -0.4 is 11.1 Å². The van der Waals surface area contributed by atoms with E-state index in [0.717, 1.165) is 32.1 Å². The summed E-state index contributed by atoms with van der Waals surface area (Å²) in [7, 11) is 0. The number of ether oxygens (including phenoxy) is 1. The highest BCUT2D eigenvalue weighted by Gasteiger charge is 2.48. The Morgan fingerprint density at radius 1 is 1.19 bits per heavy atom. The minimum atomic E-state index is -0.935. The number of aliphatic carboxylic acids is 1. The van der Waals surface area contributed by atoms with Gasteiger partial charge in [-0.05, 0) is 66.2 Å². The SMILES string of the molecule is CC(C)(C)N.CCC[C@H](N[13C@@H]([13CH3])[13C](=O)N1[C@H](C(=O)O)C[C@@H]2CCCC[C@@H]21)C(=O)OCC. The lowest BCUT2D eigenvalue weighted by Crippen LogP contribution is -2.55. The van der Waals surface area contributed by atoms with E-state index in [2.05, 4.69) is 5.32 Å². The van der Waals surface area contributed by atoms with Crippen molar-refractivity contribution in [1.82, 2.24) is 10.2 Å². The molecular formula is C23H43N3O5. The lowest BCUT2D eigenvalue weighted by atomic mass is 9.85. The maximum atomic E-state index is 13.1. The number of rotatable bonds is 8. The van der Waals surface area contributed by atoms with Gasteiger partial charge in [-0.15, -0.1) is 0 Å². The molecule has 1 aliphatic carbocycles. The Hall–Kier alpha value is -1.67. The molecule has 0 spiro atoms. The van der Waals surface area contributed by atoms with Crippen molar-refractivity contribution < 1.29 is 24.2 Å². The van der Waals surface area contributed by atoms with Crippen molar-refractivity contribution in [2.45, 2.75) is 116 Å². The highest BCUT2D eigenvalue weighted by atomic mass is 16.5. The van der Waals surface area contributed by atoms with Crippen LogP contribution in [0.1, 0.15) is 86.5 Å². The summed E-state index contributed by atoms with van der Waals surface area (Å²) in [5.41, 5.74) is 5.35. The molecule has 31 heavy (non-hydrogen) atoms. The number of hydrogen-bond donors (Lipinski definition) is 3. The second-order valence-electron chi connectivity index (χ2n) is 9.79. The number of carbonyl (C=O) groups excluding carboxylic acids is 2. The fourth-order valence-electron chi connectivity index (χ4n) is 4.39. The molecule has 180 valence electrons. The topological polar surface area (TPSA) is 122 Å². The second-order valence-corrected chi connectivity index (χ2v) is 9.79. The minimum absolute atomic E-state index is 0. The first-order valence-corrected chi connectivity index (χ1v) is 11.7. The number of nitrogens with zero attached hydrogens (tertiary/aromatic N) is 1. The van der Waals surface area contributed by atoms with Crippen molar-refractivity contribution in [3.8, 4) is 0 Å². The third-order valence-corrected chi connectivity index (χ3v) is 5.60. The maximum absolute atomic E-state index is 13.1. The van der Waals surface area contributed by atoms with E-state index in [1.807, 2.05) is 27.7 Å². The van der Waals surface area contributed by atoms with Crippen LogP contribution in [-0.4, -0.2) is 64.2 Å². The van der Waals surface area contributed by atoms with E-state index in [0.29, 0.717) is 19.4 Å². The van der Waals surface area contributed by atoms with E-state index in [1.165, 1.54) is 0 Å². The number of nitrogens with one attached hydrogen (secondary N) is 1. The van der Waals surface area contributed by atoms with Gasteiger partial charge in [-0.3, -0.25) is 14.9 Å². The van der Waals surface area contributed by atoms with Gasteiger partial charge >= 0.3 is 11.9 Å². The van der Waals surface area contributed by atoms with Gasteiger partial charge in [-0.1, -0.05) is 26.2 Å². The van der Waals surface area contributed by atoms with Crippen LogP contribution in [0.5, 0.6) is 0 Å². The number of hydrogen-bond acceptors (Lipinski definition) is 6. The summed E-state index contributed by atoms with van der Waals surface area (Å²) in [5.74, 6) is -1.24. The van der Waals surface area contributed by atoms with Gasteiger partial charge in [0.25, 0.3) is 0 Å². The highest BCUT2D eigenvalue weighted by molar-refractivity contribution is 5.88. The number of fused-ring (bicyclic) bond motifs is 1. The molecular weight excluding hydrogens is 401 g/mol. The lowest BCUT2D eigenvalue weighted by Gasteiger charge is -2.35. The van der Waals surface area contributed by atoms with Crippen LogP contribution in [0, 0.1) is 5.92 Å². The standard InChI is InChI=1S/C19H32N2O5.C4H11N/c1-4-8-14(19(25)26-5-2)20-12(3)17(22)21-15-10-7-6-9-13(15)11-16(21)18(23)24;1-4(2,3)5/h12-16,20H,4-11H2,1-3H3,(H,23,24);5H2,1-3H3/t12-,13-,14-,15-,16-;/m0./s1/i3+1,12+1,17+1;. The van der Waals surface area contributed by atoms with E-state index in [1.54, 1.807) is 18.7 Å². The predicted molar refractivity (Wildman–Crippen MR) is 120 cm³/mol. The number of esters is 1. The van der Waals surface area contributed by atoms with Crippen molar-refractivity contribution in [3.05, 3.63) is 0 Å². The van der Waals surface area contributed by atoms with Gasteiger partial charge in [-0.25, -0.2) is 4.79 Å². The second kappa shape index (κ2) is 12.4. The molecule has 5 atom stereocenters. The molecule has 1 saturated heterocycles. The number of carboxylic acid groups (broad SMARTS) is 1. The summed E-state index contributed by atoms with van der Waals surface area (Å²) in [4.78, 5) is 38.5. The molecule has 1 aliphatic heterocycles. The molecule has 8 heteroatoms. The number of nitrogens with two attached hydrogens (primary N) is 1. The molecule has 2 aliphatic rings. The summed E-state index contributed by atoms with van der Waals surface area (Å²) in [6, 6.07) is -1.92. The Bertz CT molecular complexity index is 599. The fraction of sp³-hybridized carbons (Fsp3) is 0.870. The predicted octanol–water partition coefficient (Wildman–Crippen LogP) is 2.68. The number of likely N-dealkylation sites (tertiary alicyclic amines) is 1. The van der Waals surface area contributed by atoms with Crippen LogP contribution in [0.25, 0.3) is 0 Å². The van der Waals surface area contributed by atoms with Crippen LogP contribution in [0.2, 0.25) is 0 Å². The molecule has 0 radical (unpaired) electrons. The van der Waals surface area contributed by atoms with E-state index in [4.69, 9.17) is 10.5 Å². The zero-order chi connectivity index (χ0) is 23.8. The first-order valence-electron chi connectivity index (χ1n) is 11.7. The van der Waals surface area contributed by atoms with E-state index in [-0.39, 0.29) is 29.4 Å². The molecule has 4 N–H and O–H groups in total. The summed E-state index contributed by atoms with van der Waals surface area (Å²) < 4.78 is 5.09. The minimum Gasteiger partial charge on any atom is -0.480 e. The number of carboxylic acids is 1. The monoisotopic (exact) mass is 444 g/mol. The molecule has 2 rings (SSSR count). The van der Waals surface area contributed by atoms with Crippen LogP contribution in [0.3, 0.4) is 0 Å². The quantitative estimate of drug-likeness (QED) is 0.389. The molecule has 0 unspecified atom stereocenters. The molecule has 0 bridgehead atoms.